The minimum atomic E-state index is 0.116. The molecule has 1 fully saturated rings. The first kappa shape index (κ1) is 16.5. The highest BCUT2D eigenvalue weighted by molar-refractivity contribution is 4.95. The molecule has 0 radical (unpaired) electrons. The molecule has 0 aromatic rings. The molecule has 0 spiro atoms. The van der Waals surface area contributed by atoms with E-state index < -0.39 is 0 Å². The average Bonchev–Trinajstić information content (AvgIpc) is 2.37. The summed E-state index contributed by atoms with van der Waals surface area (Å²) in [6.45, 7) is 9.98. The molecule has 2 nitrogen and oxygen atoms in total. The van der Waals surface area contributed by atoms with E-state index in [9.17, 15) is 5.26 Å². The molecular weight excluding hydrogens is 234 g/mol. The standard InChI is InChI=1S/C17H31NO/c1-5-6-7-8-11-19-16-12-15(17(2,3)4)10-9-14(16)13-18/h14-16H,5-12H2,1-4H3. The Bertz CT molecular complexity index is 287. The Morgan fingerprint density at radius 3 is 2.47 bits per heavy atom. The van der Waals surface area contributed by atoms with E-state index in [-0.39, 0.29) is 12.0 Å². The molecule has 0 aliphatic heterocycles. The Kier molecular flexibility index (Phi) is 6.86. The largest absolute Gasteiger partial charge is 0.377 e. The summed E-state index contributed by atoms with van der Waals surface area (Å²) in [6.07, 6.45) is 8.37. The summed E-state index contributed by atoms with van der Waals surface area (Å²) in [5.41, 5.74) is 0.338. The first-order valence-electron chi connectivity index (χ1n) is 8.00. The molecule has 1 rings (SSSR count). The highest BCUT2D eigenvalue weighted by Gasteiger charge is 2.36. The summed E-state index contributed by atoms with van der Waals surface area (Å²) in [6, 6.07) is 2.45. The fourth-order valence-corrected chi connectivity index (χ4v) is 3.01. The first-order valence-corrected chi connectivity index (χ1v) is 8.00. The zero-order chi connectivity index (χ0) is 14.3. The average molecular weight is 265 g/mol. The van der Waals surface area contributed by atoms with E-state index in [1.54, 1.807) is 0 Å². The number of hydrogen-bond donors (Lipinski definition) is 0. The molecule has 0 heterocycles. The summed E-state index contributed by atoms with van der Waals surface area (Å²) in [4.78, 5) is 0. The van der Waals surface area contributed by atoms with Crippen molar-refractivity contribution in [2.75, 3.05) is 6.61 Å². The third-order valence-corrected chi connectivity index (χ3v) is 4.51. The summed E-state index contributed by atoms with van der Waals surface area (Å²) in [7, 11) is 0. The predicted octanol–water partition coefficient (Wildman–Crippen LogP) is 4.94. The van der Waals surface area contributed by atoms with Crippen LogP contribution in [0.5, 0.6) is 0 Å². The Labute approximate surface area is 119 Å². The molecule has 1 aliphatic carbocycles. The highest BCUT2D eigenvalue weighted by Crippen LogP contribution is 2.40. The molecule has 0 amide bonds. The second-order valence-corrected chi connectivity index (χ2v) is 7.08. The number of rotatable bonds is 6. The van der Waals surface area contributed by atoms with Crippen molar-refractivity contribution in [3.8, 4) is 6.07 Å². The number of ether oxygens (including phenoxy) is 1. The van der Waals surface area contributed by atoms with Gasteiger partial charge in [0.1, 0.15) is 0 Å². The second kappa shape index (κ2) is 7.90. The van der Waals surface area contributed by atoms with E-state index in [0.29, 0.717) is 11.3 Å². The lowest BCUT2D eigenvalue weighted by atomic mass is 9.69. The molecule has 3 atom stereocenters. The van der Waals surface area contributed by atoms with Crippen molar-refractivity contribution in [2.45, 2.75) is 78.7 Å². The van der Waals surface area contributed by atoms with Gasteiger partial charge < -0.3 is 4.74 Å². The molecule has 1 saturated carbocycles. The molecule has 0 saturated heterocycles. The minimum Gasteiger partial charge on any atom is -0.377 e. The molecule has 19 heavy (non-hydrogen) atoms. The minimum absolute atomic E-state index is 0.116. The van der Waals surface area contributed by atoms with E-state index in [4.69, 9.17) is 4.74 Å². The van der Waals surface area contributed by atoms with Crippen molar-refractivity contribution in [1.82, 2.24) is 0 Å². The lowest BCUT2D eigenvalue weighted by molar-refractivity contribution is -0.0290. The van der Waals surface area contributed by atoms with Gasteiger partial charge in [-0.1, -0.05) is 47.0 Å². The van der Waals surface area contributed by atoms with Crippen LogP contribution in [-0.4, -0.2) is 12.7 Å². The fraction of sp³-hybridized carbons (Fsp3) is 0.941. The zero-order valence-electron chi connectivity index (χ0n) is 13.2. The van der Waals surface area contributed by atoms with Gasteiger partial charge in [-0.15, -0.1) is 0 Å². The van der Waals surface area contributed by atoms with E-state index >= 15 is 0 Å². The molecular formula is C17H31NO. The molecule has 0 N–H and O–H groups in total. The SMILES string of the molecule is CCCCCCOC1CC(C(C)(C)C)CCC1C#N. The van der Waals surface area contributed by atoms with Crippen molar-refractivity contribution in [3.63, 3.8) is 0 Å². The van der Waals surface area contributed by atoms with Crippen molar-refractivity contribution < 1.29 is 4.74 Å². The van der Waals surface area contributed by atoms with Crippen molar-refractivity contribution in [3.05, 3.63) is 0 Å². The molecule has 0 aromatic heterocycles. The van der Waals surface area contributed by atoms with Gasteiger partial charge in [-0.3, -0.25) is 0 Å². The molecule has 0 bridgehead atoms. The summed E-state index contributed by atoms with van der Waals surface area (Å²) in [5.74, 6) is 0.808. The van der Waals surface area contributed by atoms with E-state index in [2.05, 4.69) is 33.8 Å². The van der Waals surface area contributed by atoms with Gasteiger partial charge in [0.15, 0.2) is 0 Å². The topological polar surface area (TPSA) is 33.0 Å². The Hall–Kier alpha value is -0.550. The van der Waals surface area contributed by atoms with Crippen molar-refractivity contribution >= 4 is 0 Å². The first-order chi connectivity index (χ1) is 8.99. The smallest absolute Gasteiger partial charge is 0.0736 e. The Balaban J connectivity index is 2.40. The van der Waals surface area contributed by atoms with Gasteiger partial charge in [-0.25, -0.2) is 0 Å². The summed E-state index contributed by atoms with van der Waals surface area (Å²) >= 11 is 0. The predicted molar refractivity (Wildman–Crippen MR) is 79.8 cm³/mol. The van der Waals surface area contributed by atoms with Crippen LogP contribution in [0.3, 0.4) is 0 Å². The van der Waals surface area contributed by atoms with Gasteiger partial charge in [0, 0.05) is 6.61 Å². The maximum Gasteiger partial charge on any atom is 0.0736 e. The van der Waals surface area contributed by atoms with Crippen LogP contribution >= 0.6 is 0 Å². The van der Waals surface area contributed by atoms with Gasteiger partial charge in [0.25, 0.3) is 0 Å². The van der Waals surface area contributed by atoms with Crippen LogP contribution in [0.1, 0.15) is 72.6 Å². The van der Waals surface area contributed by atoms with Gasteiger partial charge in [-0.2, -0.15) is 5.26 Å². The number of nitriles is 1. The van der Waals surface area contributed by atoms with Gasteiger partial charge >= 0.3 is 0 Å². The van der Waals surface area contributed by atoms with E-state index in [1.165, 1.54) is 25.7 Å². The molecule has 1 aliphatic rings. The lowest BCUT2D eigenvalue weighted by Gasteiger charge is -2.39. The maximum absolute atomic E-state index is 9.26. The summed E-state index contributed by atoms with van der Waals surface area (Å²) in [5, 5.41) is 9.26. The van der Waals surface area contributed by atoms with Crippen molar-refractivity contribution in [2.24, 2.45) is 17.3 Å². The third-order valence-electron chi connectivity index (χ3n) is 4.51. The monoisotopic (exact) mass is 265 g/mol. The fourth-order valence-electron chi connectivity index (χ4n) is 3.01. The van der Waals surface area contributed by atoms with Crippen LogP contribution in [0.25, 0.3) is 0 Å². The number of hydrogen-bond acceptors (Lipinski definition) is 2. The highest BCUT2D eigenvalue weighted by atomic mass is 16.5. The van der Waals surface area contributed by atoms with Crippen LogP contribution in [0.4, 0.5) is 0 Å². The van der Waals surface area contributed by atoms with Gasteiger partial charge in [0.05, 0.1) is 18.1 Å². The molecule has 0 aromatic carbocycles. The second-order valence-electron chi connectivity index (χ2n) is 7.08. The van der Waals surface area contributed by atoms with E-state index in [1.807, 2.05) is 0 Å². The quantitative estimate of drug-likeness (QED) is 0.637. The van der Waals surface area contributed by atoms with Gasteiger partial charge in [0.2, 0.25) is 0 Å². The van der Waals surface area contributed by atoms with Crippen LogP contribution < -0.4 is 0 Å². The van der Waals surface area contributed by atoms with Crippen LogP contribution in [0, 0.1) is 28.6 Å². The number of nitrogens with zero attached hydrogens (tertiary/aromatic N) is 1. The molecule has 110 valence electrons. The normalized spacial score (nSPS) is 28.1. The number of unbranched alkanes of at least 4 members (excludes halogenated alkanes) is 3. The van der Waals surface area contributed by atoms with Crippen LogP contribution in [0.2, 0.25) is 0 Å². The van der Waals surface area contributed by atoms with Crippen molar-refractivity contribution in [1.29, 1.82) is 5.26 Å². The summed E-state index contributed by atoms with van der Waals surface area (Å²) < 4.78 is 6.04. The Morgan fingerprint density at radius 2 is 1.89 bits per heavy atom. The Morgan fingerprint density at radius 1 is 1.16 bits per heavy atom. The molecule has 2 heteroatoms. The van der Waals surface area contributed by atoms with Crippen LogP contribution in [0.15, 0.2) is 0 Å². The lowest BCUT2D eigenvalue weighted by Crippen LogP contribution is -2.36. The van der Waals surface area contributed by atoms with Gasteiger partial charge in [-0.05, 0) is 37.0 Å². The zero-order valence-corrected chi connectivity index (χ0v) is 13.2. The molecule has 3 unspecified atom stereocenters. The van der Waals surface area contributed by atoms with Crippen LogP contribution in [-0.2, 0) is 4.74 Å². The maximum atomic E-state index is 9.26. The van der Waals surface area contributed by atoms with E-state index in [0.717, 1.165) is 25.9 Å². The third kappa shape index (κ3) is 5.53.